The van der Waals surface area contributed by atoms with Gasteiger partial charge in [0.2, 0.25) is 5.91 Å². The van der Waals surface area contributed by atoms with Crippen molar-refractivity contribution in [2.24, 2.45) is 0 Å². The first kappa shape index (κ1) is 12.1. The van der Waals surface area contributed by atoms with Gasteiger partial charge in [0, 0.05) is 35.2 Å². The normalized spacial score (nSPS) is 24.5. The van der Waals surface area contributed by atoms with Gasteiger partial charge in [-0.05, 0) is 41.4 Å². The highest BCUT2D eigenvalue weighted by molar-refractivity contribution is 9.10. The van der Waals surface area contributed by atoms with Gasteiger partial charge in [-0.1, -0.05) is 6.42 Å². The topological polar surface area (TPSA) is 45.2 Å². The molecule has 0 saturated carbocycles. The second-order valence-electron chi connectivity index (χ2n) is 5.03. The number of hydrogen-bond donors (Lipinski definition) is 1. The third-order valence-corrected chi connectivity index (χ3v) is 4.17. The number of carbonyl (C=O) groups is 1. The molecular weight excluding hydrogens is 294 g/mol. The number of hydrogen-bond acceptors (Lipinski definition) is 3. The van der Waals surface area contributed by atoms with E-state index in [2.05, 4.69) is 37.2 Å². The molecule has 2 aliphatic rings. The van der Waals surface area contributed by atoms with Crippen LogP contribution in [0.4, 0.5) is 5.82 Å². The molecule has 0 bridgehead atoms. The van der Waals surface area contributed by atoms with Gasteiger partial charge in [0.1, 0.15) is 5.82 Å². The molecule has 2 aliphatic heterocycles. The van der Waals surface area contributed by atoms with Crippen molar-refractivity contribution in [1.82, 2.24) is 9.88 Å². The van der Waals surface area contributed by atoms with Crippen LogP contribution in [0.2, 0.25) is 0 Å². The molecular formula is C13H16BrN3O. The summed E-state index contributed by atoms with van der Waals surface area (Å²) in [5.74, 6) is 0.801. The first-order valence-electron chi connectivity index (χ1n) is 6.41. The quantitative estimate of drug-likeness (QED) is 0.801. The van der Waals surface area contributed by atoms with Crippen LogP contribution in [0.15, 0.2) is 16.7 Å². The van der Waals surface area contributed by atoms with Crippen LogP contribution in [0.3, 0.4) is 0 Å². The first-order chi connectivity index (χ1) is 8.72. The fraction of sp³-hybridized carbons (Fsp3) is 0.538. The fourth-order valence-electron chi connectivity index (χ4n) is 2.83. The van der Waals surface area contributed by atoms with Crippen molar-refractivity contribution < 1.29 is 4.79 Å². The molecule has 5 heteroatoms. The van der Waals surface area contributed by atoms with Gasteiger partial charge >= 0.3 is 0 Å². The van der Waals surface area contributed by atoms with Crippen molar-refractivity contribution in [2.75, 3.05) is 11.9 Å². The summed E-state index contributed by atoms with van der Waals surface area (Å²) >= 11 is 3.44. The zero-order valence-electron chi connectivity index (χ0n) is 10.2. The number of carbonyl (C=O) groups excluding carboxylic acids is 1. The molecule has 18 heavy (non-hydrogen) atoms. The van der Waals surface area contributed by atoms with Crippen molar-refractivity contribution in [3.63, 3.8) is 0 Å². The molecule has 1 saturated heterocycles. The highest BCUT2D eigenvalue weighted by Gasteiger charge is 2.28. The maximum atomic E-state index is 11.9. The van der Waals surface area contributed by atoms with Crippen molar-refractivity contribution in [2.45, 2.75) is 38.3 Å². The number of pyridine rings is 1. The molecule has 1 aromatic rings. The maximum absolute atomic E-state index is 11.9. The monoisotopic (exact) mass is 309 g/mol. The van der Waals surface area contributed by atoms with E-state index in [9.17, 15) is 4.79 Å². The number of anilines is 1. The van der Waals surface area contributed by atoms with E-state index < -0.39 is 0 Å². The van der Waals surface area contributed by atoms with E-state index in [1.54, 1.807) is 6.20 Å². The number of halogens is 1. The predicted octanol–water partition coefficient (Wildman–Crippen LogP) is 2.54. The van der Waals surface area contributed by atoms with E-state index in [1.807, 2.05) is 0 Å². The van der Waals surface area contributed by atoms with E-state index in [1.165, 1.54) is 12.8 Å². The lowest BCUT2D eigenvalue weighted by Gasteiger charge is -2.37. The third kappa shape index (κ3) is 2.42. The Balaban J connectivity index is 1.95. The van der Waals surface area contributed by atoms with Gasteiger partial charge in [0.15, 0.2) is 0 Å². The van der Waals surface area contributed by atoms with Crippen molar-refractivity contribution in [3.8, 4) is 0 Å². The Morgan fingerprint density at radius 1 is 1.44 bits per heavy atom. The minimum absolute atomic E-state index is 0.0858. The summed E-state index contributed by atoms with van der Waals surface area (Å²) in [6.45, 7) is 1.97. The van der Waals surface area contributed by atoms with Crippen LogP contribution in [-0.2, 0) is 11.3 Å². The van der Waals surface area contributed by atoms with Crippen LogP contribution in [0.25, 0.3) is 0 Å². The number of aromatic nitrogens is 1. The summed E-state index contributed by atoms with van der Waals surface area (Å²) in [7, 11) is 0. The Bertz CT molecular complexity index is 477. The average Bonchev–Trinajstić information content (AvgIpc) is 2.33. The van der Waals surface area contributed by atoms with Crippen LogP contribution >= 0.6 is 15.9 Å². The minimum Gasteiger partial charge on any atom is -0.310 e. The van der Waals surface area contributed by atoms with Crippen LogP contribution in [0, 0.1) is 0 Å². The number of rotatable bonds is 0. The van der Waals surface area contributed by atoms with Gasteiger partial charge in [-0.15, -0.1) is 0 Å². The first-order valence-corrected chi connectivity index (χ1v) is 7.20. The molecule has 4 nitrogen and oxygen atoms in total. The van der Waals surface area contributed by atoms with E-state index in [-0.39, 0.29) is 5.91 Å². The zero-order valence-corrected chi connectivity index (χ0v) is 11.7. The van der Waals surface area contributed by atoms with Crippen LogP contribution in [0.5, 0.6) is 0 Å². The van der Waals surface area contributed by atoms with Gasteiger partial charge in [-0.3, -0.25) is 9.69 Å². The summed E-state index contributed by atoms with van der Waals surface area (Å²) in [6.07, 6.45) is 5.92. The number of nitrogens with zero attached hydrogens (tertiary/aromatic N) is 2. The lowest BCUT2D eigenvalue weighted by atomic mass is 9.97. The summed E-state index contributed by atoms with van der Waals surface area (Å²) in [5, 5.41) is 2.93. The molecule has 0 radical (unpaired) electrons. The Morgan fingerprint density at radius 2 is 2.33 bits per heavy atom. The molecule has 1 atom stereocenters. The van der Waals surface area contributed by atoms with Crippen LogP contribution in [0.1, 0.15) is 31.2 Å². The van der Waals surface area contributed by atoms with E-state index in [4.69, 9.17) is 0 Å². The lowest BCUT2D eigenvalue weighted by Crippen LogP contribution is -2.42. The van der Waals surface area contributed by atoms with Crippen molar-refractivity contribution in [1.29, 1.82) is 0 Å². The molecule has 96 valence electrons. The van der Waals surface area contributed by atoms with E-state index in [0.29, 0.717) is 18.3 Å². The van der Waals surface area contributed by atoms with Crippen LogP contribution in [-0.4, -0.2) is 28.4 Å². The highest BCUT2D eigenvalue weighted by atomic mass is 79.9. The molecule has 0 aliphatic carbocycles. The zero-order chi connectivity index (χ0) is 12.5. The molecule has 1 fully saturated rings. The summed E-state index contributed by atoms with van der Waals surface area (Å²) in [4.78, 5) is 18.7. The van der Waals surface area contributed by atoms with E-state index >= 15 is 0 Å². The average molecular weight is 310 g/mol. The Kier molecular flexibility index (Phi) is 3.35. The number of amides is 1. The SMILES string of the molecule is O=C1CC2CCCCN2Cc2cc(Br)cnc2N1. The highest BCUT2D eigenvalue weighted by Crippen LogP contribution is 2.28. The minimum atomic E-state index is 0.0858. The molecule has 3 rings (SSSR count). The van der Waals surface area contributed by atoms with Gasteiger partial charge in [-0.25, -0.2) is 4.98 Å². The molecule has 1 aromatic heterocycles. The van der Waals surface area contributed by atoms with Gasteiger partial charge < -0.3 is 5.32 Å². The van der Waals surface area contributed by atoms with Gasteiger partial charge in [0.25, 0.3) is 0 Å². The van der Waals surface area contributed by atoms with Crippen molar-refractivity contribution in [3.05, 3.63) is 22.3 Å². The Labute approximate surface area is 115 Å². The molecule has 0 spiro atoms. The Morgan fingerprint density at radius 3 is 3.22 bits per heavy atom. The predicted molar refractivity (Wildman–Crippen MR) is 73.2 cm³/mol. The second kappa shape index (κ2) is 4.97. The molecule has 3 heterocycles. The van der Waals surface area contributed by atoms with Gasteiger partial charge in [0.05, 0.1) is 0 Å². The summed E-state index contributed by atoms with van der Waals surface area (Å²) in [6, 6.07) is 2.45. The maximum Gasteiger partial charge on any atom is 0.227 e. The largest absolute Gasteiger partial charge is 0.310 e. The molecule has 1 N–H and O–H groups in total. The fourth-order valence-corrected chi connectivity index (χ4v) is 3.21. The molecule has 1 unspecified atom stereocenters. The third-order valence-electron chi connectivity index (χ3n) is 3.73. The second-order valence-corrected chi connectivity index (χ2v) is 5.95. The Hall–Kier alpha value is -0.940. The lowest BCUT2D eigenvalue weighted by molar-refractivity contribution is -0.118. The van der Waals surface area contributed by atoms with E-state index in [0.717, 1.165) is 29.5 Å². The molecule has 1 amide bonds. The van der Waals surface area contributed by atoms with Gasteiger partial charge in [-0.2, -0.15) is 0 Å². The smallest absolute Gasteiger partial charge is 0.227 e. The molecule has 0 aromatic carbocycles. The number of piperidine rings is 1. The summed E-state index contributed by atoms with van der Waals surface area (Å²) < 4.78 is 0.963. The number of fused-ring (bicyclic) bond motifs is 2. The van der Waals surface area contributed by atoms with Crippen LogP contribution < -0.4 is 5.32 Å². The summed E-state index contributed by atoms with van der Waals surface area (Å²) in [5.41, 5.74) is 1.10. The van der Waals surface area contributed by atoms with Crippen molar-refractivity contribution >= 4 is 27.7 Å². The standard InChI is InChI=1S/C13H16BrN3O/c14-10-5-9-8-17-4-2-1-3-11(17)6-12(18)16-13(9)15-7-10/h5,7,11H,1-4,6,8H2,(H,15,16,18). The number of nitrogens with one attached hydrogen (secondary N) is 1.